The van der Waals surface area contributed by atoms with Gasteiger partial charge in [0.05, 0.1) is 6.61 Å². The highest BCUT2D eigenvalue weighted by Crippen LogP contribution is 2.21. The lowest BCUT2D eigenvalue weighted by atomic mass is 10.0. The summed E-state index contributed by atoms with van der Waals surface area (Å²) >= 11 is 0. The molecule has 4 heteroatoms. The number of hydrogen-bond acceptors (Lipinski definition) is 4. The third-order valence-corrected chi connectivity index (χ3v) is 2.90. The number of hydrogen-bond donors (Lipinski definition) is 0. The van der Waals surface area contributed by atoms with E-state index < -0.39 is 11.6 Å². The summed E-state index contributed by atoms with van der Waals surface area (Å²) in [5.41, 5.74) is 0.625. The van der Waals surface area contributed by atoms with Crippen LogP contribution in [0.1, 0.15) is 36.2 Å². The second-order valence-electron chi connectivity index (χ2n) is 4.21. The molecule has 0 amide bonds. The van der Waals surface area contributed by atoms with Crippen molar-refractivity contribution in [1.82, 2.24) is 0 Å². The molecule has 0 aliphatic carbocycles. The van der Waals surface area contributed by atoms with Crippen molar-refractivity contribution in [3.63, 3.8) is 0 Å². The van der Waals surface area contributed by atoms with Crippen LogP contribution in [0.4, 0.5) is 0 Å². The van der Waals surface area contributed by atoms with Crippen LogP contribution in [0.3, 0.4) is 0 Å². The van der Waals surface area contributed by atoms with Gasteiger partial charge in [-0.05, 0) is 25.0 Å². The van der Waals surface area contributed by atoms with Gasteiger partial charge in [-0.2, -0.15) is 0 Å². The van der Waals surface area contributed by atoms with Crippen molar-refractivity contribution in [2.45, 2.75) is 26.7 Å². The van der Waals surface area contributed by atoms with Gasteiger partial charge in [0.2, 0.25) is 0 Å². The Balaban J connectivity index is 2.73. The molecule has 0 aliphatic heterocycles. The molecule has 1 aromatic carbocycles. The molecule has 1 heterocycles. The van der Waals surface area contributed by atoms with Gasteiger partial charge in [-0.1, -0.05) is 31.5 Å². The zero-order chi connectivity index (χ0) is 13.8. The van der Waals surface area contributed by atoms with Crippen LogP contribution in [-0.2, 0) is 11.2 Å². The van der Waals surface area contributed by atoms with Crippen LogP contribution >= 0.6 is 0 Å². The molecule has 1 aromatic heterocycles. The molecule has 2 aromatic rings. The number of benzene rings is 1. The quantitative estimate of drug-likeness (QED) is 0.626. The van der Waals surface area contributed by atoms with Gasteiger partial charge in [0, 0.05) is 5.39 Å². The standard InChI is InChI=1S/C15H16O4/c1-3-7-11-10-8-5-6-9-12(10)19-15(17)13(11)14(16)18-4-2/h5-6,8-9H,3-4,7H2,1-2H3. The summed E-state index contributed by atoms with van der Waals surface area (Å²) in [6.45, 7) is 3.94. The van der Waals surface area contributed by atoms with E-state index in [4.69, 9.17) is 9.15 Å². The third kappa shape index (κ3) is 2.52. The van der Waals surface area contributed by atoms with Gasteiger partial charge in [0.25, 0.3) is 0 Å². The average Bonchev–Trinajstić information content (AvgIpc) is 2.39. The Hall–Kier alpha value is -2.10. The summed E-state index contributed by atoms with van der Waals surface area (Å²) in [4.78, 5) is 23.9. The predicted octanol–water partition coefficient (Wildman–Crippen LogP) is 2.92. The van der Waals surface area contributed by atoms with Crippen molar-refractivity contribution < 1.29 is 13.9 Å². The number of ether oxygens (including phenoxy) is 1. The monoisotopic (exact) mass is 260 g/mol. The highest BCUT2D eigenvalue weighted by atomic mass is 16.5. The number of esters is 1. The summed E-state index contributed by atoms with van der Waals surface area (Å²) in [7, 11) is 0. The first kappa shape index (κ1) is 13.3. The van der Waals surface area contributed by atoms with E-state index in [-0.39, 0.29) is 12.2 Å². The SMILES string of the molecule is CCCc1c(C(=O)OCC)c(=O)oc2ccccc12. The minimum Gasteiger partial charge on any atom is -0.462 e. The van der Waals surface area contributed by atoms with E-state index >= 15 is 0 Å². The summed E-state index contributed by atoms with van der Waals surface area (Å²) < 4.78 is 10.1. The van der Waals surface area contributed by atoms with E-state index in [0.717, 1.165) is 11.8 Å². The Morgan fingerprint density at radius 1 is 1.26 bits per heavy atom. The van der Waals surface area contributed by atoms with Crippen molar-refractivity contribution in [3.05, 3.63) is 45.8 Å². The van der Waals surface area contributed by atoms with Gasteiger partial charge in [-0.3, -0.25) is 0 Å². The number of rotatable bonds is 4. The molecule has 0 bridgehead atoms. The number of para-hydroxylation sites is 1. The smallest absolute Gasteiger partial charge is 0.351 e. The number of aryl methyl sites for hydroxylation is 1. The summed E-state index contributed by atoms with van der Waals surface area (Å²) in [5.74, 6) is -0.606. The fourth-order valence-electron chi connectivity index (χ4n) is 2.13. The minimum atomic E-state index is -0.624. The van der Waals surface area contributed by atoms with E-state index in [1.54, 1.807) is 19.1 Å². The van der Waals surface area contributed by atoms with E-state index in [9.17, 15) is 9.59 Å². The van der Waals surface area contributed by atoms with Crippen molar-refractivity contribution >= 4 is 16.9 Å². The molecular formula is C15H16O4. The Labute approximate surface area is 111 Å². The number of carbonyl (C=O) groups excluding carboxylic acids is 1. The van der Waals surface area contributed by atoms with Gasteiger partial charge in [-0.15, -0.1) is 0 Å². The Bertz CT molecular complexity index is 655. The summed E-state index contributed by atoms with van der Waals surface area (Å²) in [6, 6.07) is 7.23. The maximum atomic E-state index is 12.0. The topological polar surface area (TPSA) is 56.5 Å². The van der Waals surface area contributed by atoms with Gasteiger partial charge in [-0.25, -0.2) is 9.59 Å². The number of carbonyl (C=O) groups is 1. The van der Waals surface area contributed by atoms with Gasteiger partial charge in [0.15, 0.2) is 0 Å². The lowest BCUT2D eigenvalue weighted by Gasteiger charge is -2.09. The van der Waals surface area contributed by atoms with Crippen LogP contribution < -0.4 is 5.63 Å². The maximum Gasteiger partial charge on any atom is 0.351 e. The van der Waals surface area contributed by atoms with Crippen molar-refractivity contribution in [1.29, 1.82) is 0 Å². The highest BCUT2D eigenvalue weighted by molar-refractivity contribution is 5.96. The Morgan fingerprint density at radius 2 is 2.00 bits per heavy atom. The van der Waals surface area contributed by atoms with E-state index in [0.29, 0.717) is 17.6 Å². The first-order chi connectivity index (χ1) is 9.19. The molecule has 100 valence electrons. The summed E-state index contributed by atoms with van der Waals surface area (Å²) in [6.07, 6.45) is 1.47. The molecule has 0 saturated carbocycles. The van der Waals surface area contributed by atoms with Crippen LogP contribution in [-0.4, -0.2) is 12.6 Å². The van der Waals surface area contributed by atoms with Gasteiger partial charge < -0.3 is 9.15 Å². The summed E-state index contributed by atoms with van der Waals surface area (Å²) in [5, 5.41) is 0.798. The van der Waals surface area contributed by atoms with Crippen LogP contribution in [0.25, 0.3) is 11.0 Å². The number of fused-ring (bicyclic) bond motifs is 1. The van der Waals surface area contributed by atoms with Crippen LogP contribution in [0.15, 0.2) is 33.5 Å². The first-order valence-electron chi connectivity index (χ1n) is 6.40. The van der Waals surface area contributed by atoms with Gasteiger partial charge >= 0.3 is 11.6 Å². The molecule has 0 unspecified atom stereocenters. The van der Waals surface area contributed by atoms with Crippen LogP contribution in [0.5, 0.6) is 0 Å². The first-order valence-corrected chi connectivity index (χ1v) is 6.40. The van der Waals surface area contributed by atoms with E-state index in [2.05, 4.69) is 0 Å². The fraction of sp³-hybridized carbons (Fsp3) is 0.333. The predicted molar refractivity (Wildman–Crippen MR) is 72.4 cm³/mol. The average molecular weight is 260 g/mol. The lowest BCUT2D eigenvalue weighted by Crippen LogP contribution is -2.20. The van der Waals surface area contributed by atoms with Gasteiger partial charge in [0.1, 0.15) is 11.1 Å². The maximum absolute atomic E-state index is 12.0. The van der Waals surface area contributed by atoms with E-state index in [1.165, 1.54) is 0 Å². The molecule has 4 nitrogen and oxygen atoms in total. The largest absolute Gasteiger partial charge is 0.462 e. The molecule has 19 heavy (non-hydrogen) atoms. The highest BCUT2D eigenvalue weighted by Gasteiger charge is 2.21. The Kier molecular flexibility index (Phi) is 4.00. The fourth-order valence-corrected chi connectivity index (χ4v) is 2.13. The molecule has 0 saturated heterocycles. The normalized spacial score (nSPS) is 10.6. The molecule has 0 fully saturated rings. The molecule has 0 aliphatic rings. The lowest BCUT2D eigenvalue weighted by molar-refractivity contribution is 0.0520. The van der Waals surface area contributed by atoms with E-state index in [1.807, 2.05) is 19.1 Å². The van der Waals surface area contributed by atoms with Crippen molar-refractivity contribution in [2.24, 2.45) is 0 Å². The molecule has 0 spiro atoms. The van der Waals surface area contributed by atoms with Crippen LogP contribution in [0.2, 0.25) is 0 Å². The molecule has 2 rings (SSSR count). The molecule has 0 N–H and O–H groups in total. The van der Waals surface area contributed by atoms with Crippen molar-refractivity contribution in [2.75, 3.05) is 6.61 Å². The zero-order valence-electron chi connectivity index (χ0n) is 11.1. The minimum absolute atomic E-state index is 0.0300. The zero-order valence-corrected chi connectivity index (χ0v) is 11.1. The van der Waals surface area contributed by atoms with Crippen LogP contribution in [0, 0.1) is 0 Å². The molecule has 0 atom stereocenters. The molecule has 0 radical (unpaired) electrons. The van der Waals surface area contributed by atoms with Crippen molar-refractivity contribution in [3.8, 4) is 0 Å². The second-order valence-corrected chi connectivity index (χ2v) is 4.21. The molecular weight excluding hydrogens is 244 g/mol. The third-order valence-electron chi connectivity index (χ3n) is 2.90. The second kappa shape index (κ2) is 5.69. The Morgan fingerprint density at radius 3 is 2.68 bits per heavy atom.